The zero-order valence-electron chi connectivity index (χ0n) is 18.1. The molecule has 0 spiro atoms. The molecule has 1 aliphatic rings. The number of hydrogen-bond acceptors (Lipinski definition) is 2. The van der Waals surface area contributed by atoms with Crippen LogP contribution in [0.5, 0.6) is 0 Å². The second-order valence-corrected chi connectivity index (χ2v) is 26.9. The number of thiophene rings is 2. The molecule has 27 heavy (non-hydrogen) atoms. The summed E-state index contributed by atoms with van der Waals surface area (Å²) in [6.07, 6.45) is 13.8. The molecule has 0 atom stereocenters. The van der Waals surface area contributed by atoms with Crippen molar-refractivity contribution in [2.24, 2.45) is 0 Å². The fraction of sp³-hybridized carbons (Fsp3) is 0.667. The summed E-state index contributed by atoms with van der Waals surface area (Å²) < 4.78 is 1.78. The van der Waals surface area contributed by atoms with Crippen molar-refractivity contribution in [2.75, 3.05) is 0 Å². The Kier molecular flexibility index (Phi) is 7.58. The van der Waals surface area contributed by atoms with Gasteiger partial charge in [0.05, 0.1) is 0 Å². The first kappa shape index (κ1) is 21.9. The van der Waals surface area contributed by atoms with E-state index in [1.54, 1.807) is 23.8 Å². The van der Waals surface area contributed by atoms with Gasteiger partial charge in [0.2, 0.25) is 0 Å². The van der Waals surface area contributed by atoms with Gasteiger partial charge in [0, 0.05) is 0 Å². The number of unbranched alkanes of at least 4 members (excludes halogenated alkanes) is 6. The van der Waals surface area contributed by atoms with E-state index in [1.807, 2.05) is 11.3 Å². The van der Waals surface area contributed by atoms with E-state index >= 15 is 0 Å². The second kappa shape index (κ2) is 9.34. The van der Waals surface area contributed by atoms with Crippen LogP contribution in [-0.4, -0.2) is 18.4 Å². The molecule has 3 heteroatoms. The maximum absolute atomic E-state index is 2.70. The first-order chi connectivity index (χ1) is 12.9. The summed E-state index contributed by atoms with van der Waals surface area (Å²) in [5.74, 6) is 0. The van der Waals surface area contributed by atoms with Crippen molar-refractivity contribution in [1.82, 2.24) is 0 Å². The number of hydrogen-bond donors (Lipinski definition) is 0. The van der Waals surface area contributed by atoms with Crippen LogP contribution >= 0.6 is 22.7 Å². The van der Waals surface area contributed by atoms with E-state index in [-0.39, 0.29) is 0 Å². The van der Waals surface area contributed by atoms with Gasteiger partial charge in [-0.05, 0) is 0 Å². The molecule has 1 aliphatic carbocycles. The fourth-order valence-electron chi connectivity index (χ4n) is 4.66. The molecule has 0 amide bonds. The molecule has 0 saturated carbocycles. The van der Waals surface area contributed by atoms with Gasteiger partial charge in [0.25, 0.3) is 0 Å². The van der Waals surface area contributed by atoms with Crippen molar-refractivity contribution in [2.45, 2.75) is 98.3 Å². The Morgan fingerprint density at radius 3 is 2.00 bits per heavy atom. The Hall–Kier alpha value is 0.199. The Balaban J connectivity index is 1.96. The minimum atomic E-state index is -2.03. The summed E-state index contributed by atoms with van der Waals surface area (Å²) in [6, 6.07) is 5.18. The third kappa shape index (κ3) is 4.53. The molecular formula is C24H38S2Sn. The van der Waals surface area contributed by atoms with Gasteiger partial charge in [-0.15, -0.1) is 0 Å². The molecule has 0 fully saturated rings. The van der Waals surface area contributed by atoms with Crippen LogP contribution in [0.1, 0.15) is 89.2 Å². The van der Waals surface area contributed by atoms with E-state index in [1.165, 1.54) is 64.2 Å². The number of fused-ring (bicyclic) bond motifs is 3. The van der Waals surface area contributed by atoms with Crippen molar-refractivity contribution >= 4 is 43.9 Å². The zero-order chi connectivity index (χ0) is 19.5. The van der Waals surface area contributed by atoms with Crippen LogP contribution in [-0.2, 0) is 5.41 Å². The average Bonchev–Trinajstić information content (AvgIpc) is 3.30. The molecule has 0 unspecified atom stereocenters. The van der Waals surface area contributed by atoms with Gasteiger partial charge in [-0.1, -0.05) is 0 Å². The van der Waals surface area contributed by atoms with E-state index in [2.05, 4.69) is 57.5 Å². The zero-order valence-corrected chi connectivity index (χ0v) is 22.6. The average molecular weight is 509 g/mol. The molecule has 0 aromatic carbocycles. The Labute approximate surface area is 179 Å². The molecule has 2 aromatic heterocycles. The van der Waals surface area contributed by atoms with Gasteiger partial charge in [-0.25, -0.2) is 0 Å². The SMILES string of the molecule is CCCCCCC1(CCCCCC)c2ccsc2-c2s[c]([Sn]([CH3])([CH3])[CH3])cc21. The number of rotatable bonds is 11. The van der Waals surface area contributed by atoms with Crippen LogP contribution in [0.3, 0.4) is 0 Å². The maximum atomic E-state index is 2.70. The first-order valence-corrected chi connectivity index (χ1v) is 22.9. The third-order valence-electron chi connectivity index (χ3n) is 6.29. The van der Waals surface area contributed by atoms with Gasteiger partial charge in [0.15, 0.2) is 0 Å². The quantitative estimate of drug-likeness (QED) is 0.210. The third-order valence-corrected chi connectivity index (χ3v) is 17.9. The Bertz CT molecular complexity index is 720. The molecule has 0 aliphatic heterocycles. The molecule has 0 saturated heterocycles. The van der Waals surface area contributed by atoms with Crippen molar-refractivity contribution in [1.29, 1.82) is 0 Å². The summed E-state index contributed by atoms with van der Waals surface area (Å²) in [7, 11) is 0. The van der Waals surface area contributed by atoms with Gasteiger partial charge in [-0.2, -0.15) is 0 Å². The van der Waals surface area contributed by atoms with E-state index in [0.717, 1.165) is 0 Å². The summed E-state index contributed by atoms with van der Waals surface area (Å²) >= 11 is 2.15. The minimum absolute atomic E-state index is 0.331. The van der Waals surface area contributed by atoms with Gasteiger partial charge >= 0.3 is 181 Å². The molecule has 0 N–H and O–H groups in total. The molecular weight excluding hydrogens is 471 g/mol. The monoisotopic (exact) mass is 510 g/mol. The molecule has 0 bridgehead atoms. The van der Waals surface area contributed by atoms with E-state index in [9.17, 15) is 0 Å². The summed E-state index contributed by atoms with van der Waals surface area (Å²) in [6.45, 7) is 4.65. The van der Waals surface area contributed by atoms with Gasteiger partial charge in [-0.3, -0.25) is 0 Å². The summed E-state index contributed by atoms with van der Waals surface area (Å²) in [5.41, 5.74) is 3.76. The van der Waals surface area contributed by atoms with Crippen molar-refractivity contribution in [3.05, 3.63) is 28.6 Å². The van der Waals surface area contributed by atoms with Crippen LogP contribution < -0.4 is 2.89 Å². The fourth-order valence-corrected chi connectivity index (χ4v) is 12.3. The summed E-state index contributed by atoms with van der Waals surface area (Å²) in [4.78, 5) is 11.0. The predicted octanol–water partition coefficient (Wildman–Crippen LogP) is 8.56. The summed E-state index contributed by atoms with van der Waals surface area (Å²) in [5, 5.41) is 2.36. The molecule has 2 heterocycles. The van der Waals surface area contributed by atoms with Crippen LogP contribution in [0, 0.1) is 0 Å². The molecule has 0 radical (unpaired) electrons. The standard InChI is InChI=1S/C21H29S2.3CH3.Sn/c1-3-5-7-9-13-21(14-10-8-6-4-2)17-11-15-22-19(17)20-18(21)12-16-23-20;;;;/h11-12,15H,3-10,13-14H2,1-2H3;3*1H3;. The van der Waals surface area contributed by atoms with E-state index in [0.29, 0.717) is 5.41 Å². The van der Waals surface area contributed by atoms with Crippen molar-refractivity contribution in [3.8, 4) is 9.75 Å². The van der Waals surface area contributed by atoms with Crippen LogP contribution in [0.4, 0.5) is 0 Å². The van der Waals surface area contributed by atoms with E-state index in [4.69, 9.17) is 0 Å². The second-order valence-electron chi connectivity index (χ2n) is 9.47. The van der Waals surface area contributed by atoms with Crippen LogP contribution in [0.25, 0.3) is 9.75 Å². The molecule has 0 nitrogen and oxygen atoms in total. The van der Waals surface area contributed by atoms with Crippen LogP contribution in [0.15, 0.2) is 17.5 Å². The first-order valence-electron chi connectivity index (χ1n) is 11.2. The Morgan fingerprint density at radius 1 is 0.815 bits per heavy atom. The van der Waals surface area contributed by atoms with Crippen molar-refractivity contribution in [3.63, 3.8) is 0 Å². The molecule has 2 aromatic rings. The Morgan fingerprint density at radius 2 is 1.44 bits per heavy atom. The molecule has 3 rings (SSSR count). The van der Waals surface area contributed by atoms with E-state index < -0.39 is 18.4 Å². The van der Waals surface area contributed by atoms with Crippen LogP contribution in [0.2, 0.25) is 14.8 Å². The van der Waals surface area contributed by atoms with Gasteiger partial charge in [0.1, 0.15) is 0 Å². The normalized spacial score (nSPS) is 15.1. The topological polar surface area (TPSA) is 0 Å². The van der Waals surface area contributed by atoms with Crippen molar-refractivity contribution < 1.29 is 0 Å². The van der Waals surface area contributed by atoms with Gasteiger partial charge < -0.3 is 0 Å². The molecule has 150 valence electrons. The predicted molar refractivity (Wildman–Crippen MR) is 129 cm³/mol.